The molecule has 4 heteroatoms. The van der Waals surface area contributed by atoms with Crippen molar-refractivity contribution in [3.8, 4) is 0 Å². The van der Waals surface area contributed by atoms with Gasteiger partial charge in [0, 0.05) is 0 Å². The average Bonchev–Trinajstić information content (AvgIpc) is 2.07. The highest BCUT2D eigenvalue weighted by atomic mass is 79.9. The van der Waals surface area contributed by atoms with Crippen LogP contribution in [0.1, 0.15) is 5.56 Å². The van der Waals surface area contributed by atoms with Gasteiger partial charge >= 0.3 is 0 Å². The lowest BCUT2D eigenvalue weighted by molar-refractivity contribution is 0.562. The molecule has 0 heterocycles. The zero-order chi connectivity index (χ0) is 8.97. The first-order valence-corrected chi connectivity index (χ1v) is 4.01. The Kier molecular flexibility index (Phi) is 3.14. The van der Waals surface area contributed by atoms with Crippen LogP contribution in [-0.2, 0) is 11.3 Å². The van der Waals surface area contributed by atoms with Gasteiger partial charge in [0.2, 0.25) is 6.08 Å². The molecule has 0 amide bonds. The molecule has 0 fully saturated rings. The monoisotopic (exact) mass is 229 g/mol. The van der Waals surface area contributed by atoms with Gasteiger partial charge in [0.1, 0.15) is 5.82 Å². The Hall–Kier alpha value is -0.990. The lowest BCUT2D eigenvalue weighted by atomic mass is 10.2. The van der Waals surface area contributed by atoms with Crippen LogP contribution in [0.3, 0.4) is 0 Å². The maximum Gasteiger partial charge on any atom is 0.235 e. The van der Waals surface area contributed by atoms with Gasteiger partial charge in [0.25, 0.3) is 0 Å². The van der Waals surface area contributed by atoms with Gasteiger partial charge in [-0.05, 0) is 33.6 Å². The van der Waals surface area contributed by atoms with Gasteiger partial charge in [-0.2, -0.15) is 0 Å². The fourth-order valence-electron chi connectivity index (χ4n) is 0.762. The summed E-state index contributed by atoms with van der Waals surface area (Å²) in [6, 6.07) is 4.59. The third-order valence-corrected chi connectivity index (χ3v) is 1.95. The van der Waals surface area contributed by atoms with E-state index in [2.05, 4.69) is 20.9 Å². The van der Waals surface area contributed by atoms with E-state index >= 15 is 0 Å². The van der Waals surface area contributed by atoms with Gasteiger partial charge in [-0.15, -0.1) is 0 Å². The van der Waals surface area contributed by atoms with E-state index in [1.807, 2.05) is 0 Å². The minimum atomic E-state index is -0.353. The van der Waals surface area contributed by atoms with E-state index < -0.39 is 0 Å². The number of aliphatic imine (C=N–C) groups is 1. The van der Waals surface area contributed by atoms with Gasteiger partial charge in [0.15, 0.2) is 0 Å². The predicted octanol–water partition coefficient (Wildman–Crippen LogP) is 2.42. The molecular formula is C8H5BrFNO. The van der Waals surface area contributed by atoms with Crippen LogP contribution < -0.4 is 0 Å². The highest BCUT2D eigenvalue weighted by molar-refractivity contribution is 9.10. The summed E-state index contributed by atoms with van der Waals surface area (Å²) in [5.74, 6) is -0.353. The number of carbonyl (C=O) groups excluding carboxylic acids is 1. The maximum atomic E-state index is 12.8. The van der Waals surface area contributed by atoms with Crippen molar-refractivity contribution in [2.75, 3.05) is 0 Å². The molecule has 1 aromatic carbocycles. The van der Waals surface area contributed by atoms with Crippen LogP contribution in [0.5, 0.6) is 0 Å². The first-order chi connectivity index (χ1) is 5.74. The van der Waals surface area contributed by atoms with E-state index in [4.69, 9.17) is 0 Å². The summed E-state index contributed by atoms with van der Waals surface area (Å²) in [5.41, 5.74) is 0.652. The molecule has 0 unspecified atom stereocenters. The molecule has 1 aromatic rings. The topological polar surface area (TPSA) is 29.4 Å². The Morgan fingerprint density at radius 1 is 1.58 bits per heavy atom. The third kappa shape index (κ3) is 2.26. The van der Waals surface area contributed by atoms with Crippen molar-refractivity contribution in [3.05, 3.63) is 34.1 Å². The second-order valence-corrected chi connectivity index (χ2v) is 3.01. The van der Waals surface area contributed by atoms with E-state index in [1.165, 1.54) is 12.1 Å². The molecule has 12 heavy (non-hydrogen) atoms. The summed E-state index contributed by atoms with van der Waals surface area (Å²) >= 11 is 3.01. The van der Waals surface area contributed by atoms with Crippen molar-refractivity contribution in [2.24, 2.45) is 4.99 Å². The normalized spacial score (nSPS) is 9.17. The quantitative estimate of drug-likeness (QED) is 0.566. The van der Waals surface area contributed by atoms with Crippen molar-refractivity contribution in [2.45, 2.75) is 6.54 Å². The molecular weight excluding hydrogens is 225 g/mol. The number of nitrogens with zero attached hydrogens (tertiary/aromatic N) is 1. The molecule has 62 valence electrons. The fraction of sp³-hybridized carbons (Fsp3) is 0.125. The zero-order valence-corrected chi connectivity index (χ0v) is 7.64. The molecule has 2 nitrogen and oxygen atoms in total. The number of isocyanates is 1. The number of rotatable bonds is 2. The molecule has 0 aliphatic carbocycles. The van der Waals surface area contributed by atoms with E-state index in [0.717, 1.165) is 0 Å². The number of halogens is 2. The largest absolute Gasteiger partial charge is 0.235 e. The fourth-order valence-corrected chi connectivity index (χ4v) is 1.01. The van der Waals surface area contributed by atoms with E-state index in [-0.39, 0.29) is 12.4 Å². The van der Waals surface area contributed by atoms with Crippen LogP contribution in [0.25, 0.3) is 0 Å². The molecule has 0 saturated heterocycles. The summed E-state index contributed by atoms with van der Waals surface area (Å²) in [6.45, 7) is 0.174. The third-order valence-electron chi connectivity index (χ3n) is 1.31. The van der Waals surface area contributed by atoms with Gasteiger partial charge in [-0.3, -0.25) is 0 Å². The Labute approximate surface area is 77.3 Å². The van der Waals surface area contributed by atoms with E-state index in [0.29, 0.717) is 10.0 Å². The van der Waals surface area contributed by atoms with Crippen molar-refractivity contribution in [1.29, 1.82) is 0 Å². The highest BCUT2D eigenvalue weighted by Crippen LogP contribution is 2.16. The summed E-state index contributed by atoms with van der Waals surface area (Å²) in [6.07, 6.45) is 1.39. The summed E-state index contributed by atoms with van der Waals surface area (Å²) in [4.78, 5) is 13.1. The average molecular weight is 230 g/mol. The second-order valence-electron chi connectivity index (χ2n) is 2.16. The van der Waals surface area contributed by atoms with Gasteiger partial charge in [-0.25, -0.2) is 14.2 Å². The van der Waals surface area contributed by atoms with Gasteiger partial charge in [0.05, 0.1) is 11.0 Å². The molecule has 0 aliphatic rings. The smallest absolute Gasteiger partial charge is 0.211 e. The van der Waals surface area contributed by atoms with Gasteiger partial charge < -0.3 is 0 Å². The molecule has 0 aromatic heterocycles. The number of hydrogen-bond acceptors (Lipinski definition) is 2. The summed E-state index contributed by atoms with van der Waals surface area (Å²) < 4.78 is 13.2. The maximum absolute atomic E-state index is 12.8. The van der Waals surface area contributed by atoms with E-state index in [1.54, 1.807) is 12.1 Å². The SMILES string of the molecule is O=C=NCc1ccc(Br)c(F)c1. The minimum Gasteiger partial charge on any atom is -0.211 e. The molecule has 0 radical (unpaired) electrons. The van der Waals surface area contributed by atoms with Crippen LogP contribution in [-0.4, -0.2) is 6.08 Å². The van der Waals surface area contributed by atoms with Crippen LogP contribution in [0.15, 0.2) is 27.7 Å². The Bertz CT molecular complexity index is 334. The lowest BCUT2D eigenvalue weighted by Crippen LogP contribution is -1.84. The number of benzene rings is 1. The van der Waals surface area contributed by atoms with Gasteiger partial charge in [-0.1, -0.05) is 6.07 Å². The first kappa shape index (κ1) is 9.10. The lowest BCUT2D eigenvalue weighted by Gasteiger charge is -1.96. The number of hydrogen-bond donors (Lipinski definition) is 0. The van der Waals surface area contributed by atoms with Crippen LogP contribution in [0.4, 0.5) is 4.39 Å². The zero-order valence-electron chi connectivity index (χ0n) is 6.05. The Morgan fingerprint density at radius 2 is 2.33 bits per heavy atom. The highest BCUT2D eigenvalue weighted by Gasteiger charge is 1.98. The molecule has 0 aliphatic heterocycles. The van der Waals surface area contributed by atoms with Crippen molar-refractivity contribution < 1.29 is 9.18 Å². The molecule has 0 N–H and O–H groups in total. The standard InChI is InChI=1S/C8H5BrFNO/c9-7-2-1-6(3-8(7)10)4-11-5-12/h1-3H,4H2. The van der Waals surface area contributed by atoms with Crippen molar-refractivity contribution in [1.82, 2.24) is 0 Å². The second kappa shape index (κ2) is 4.14. The predicted molar refractivity (Wildman–Crippen MR) is 45.9 cm³/mol. The minimum absolute atomic E-state index is 0.174. The summed E-state index contributed by atoms with van der Waals surface area (Å²) in [5, 5.41) is 0. The molecule has 0 spiro atoms. The Balaban J connectivity index is 2.89. The van der Waals surface area contributed by atoms with Crippen LogP contribution in [0, 0.1) is 5.82 Å². The molecule has 0 bridgehead atoms. The van der Waals surface area contributed by atoms with Crippen LogP contribution in [0.2, 0.25) is 0 Å². The van der Waals surface area contributed by atoms with Crippen molar-refractivity contribution in [3.63, 3.8) is 0 Å². The van der Waals surface area contributed by atoms with Crippen LogP contribution >= 0.6 is 15.9 Å². The van der Waals surface area contributed by atoms with Crippen molar-refractivity contribution >= 4 is 22.0 Å². The summed E-state index contributed by atoms with van der Waals surface area (Å²) in [7, 11) is 0. The molecule has 0 saturated carbocycles. The molecule has 0 atom stereocenters. The first-order valence-electron chi connectivity index (χ1n) is 3.21. The Morgan fingerprint density at radius 3 is 2.92 bits per heavy atom. The van der Waals surface area contributed by atoms with E-state index in [9.17, 15) is 9.18 Å². The molecule has 1 rings (SSSR count).